The van der Waals surface area contributed by atoms with Crippen molar-refractivity contribution in [1.29, 1.82) is 5.26 Å². The minimum absolute atomic E-state index is 0.335. The van der Waals surface area contributed by atoms with E-state index in [1.54, 1.807) is 6.92 Å². The largest absolute Gasteiger partial charge is 0.462 e. The molecule has 0 saturated carbocycles. The fourth-order valence-electron chi connectivity index (χ4n) is 2.94. The molecule has 134 valence electrons. The van der Waals surface area contributed by atoms with E-state index in [0.717, 1.165) is 40.9 Å². The summed E-state index contributed by atoms with van der Waals surface area (Å²) in [6.07, 6.45) is 4.10. The molecule has 0 amide bonds. The van der Waals surface area contributed by atoms with E-state index in [9.17, 15) is 10.1 Å². The van der Waals surface area contributed by atoms with Crippen molar-refractivity contribution in [1.82, 2.24) is 9.55 Å². The van der Waals surface area contributed by atoms with Gasteiger partial charge in [-0.1, -0.05) is 13.3 Å². The molecule has 1 aromatic carbocycles. The van der Waals surface area contributed by atoms with Crippen LogP contribution in [-0.4, -0.2) is 22.1 Å². The van der Waals surface area contributed by atoms with E-state index >= 15 is 0 Å². The van der Waals surface area contributed by atoms with Crippen LogP contribution < -0.4 is 0 Å². The summed E-state index contributed by atoms with van der Waals surface area (Å²) in [5, 5.41) is 11.2. The maximum Gasteiger partial charge on any atom is 0.350 e. The number of unbranched alkanes of at least 4 members (excludes halogenated alkanes) is 1. The first-order valence-corrected chi connectivity index (χ1v) is 9.58. The predicted octanol–water partition coefficient (Wildman–Crippen LogP) is 4.92. The zero-order valence-corrected chi connectivity index (χ0v) is 16.0. The van der Waals surface area contributed by atoms with Gasteiger partial charge in [0.05, 0.1) is 17.9 Å². The Kier molecular flexibility index (Phi) is 5.38. The summed E-state index contributed by atoms with van der Waals surface area (Å²) >= 11 is 1.33. The molecule has 0 unspecified atom stereocenters. The number of carbonyl (C=O) groups excluding carboxylic acids is 1. The van der Waals surface area contributed by atoms with Crippen LogP contribution in [0.5, 0.6) is 0 Å². The van der Waals surface area contributed by atoms with E-state index < -0.39 is 0 Å². The highest BCUT2D eigenvalue weighted by atomic mass is 32.1. The molecular formula is C20H21N3O2S. The Morgan fingerprint density at radius 2 is 2.19 bits per heavy atom. The lowest BCUT2D eigenvalue weighted by molar-refractivity contribution is 0.0531. The Morgan fingerprint density at radius 1 is 1.38 bits per heavy atom. The number of rotatable bonds is 6. The highest BCUT2D eigenvalue weighted by Gasteiger charge is 2.18. The third-order valence-corrected chi connectivity index (χ3v) is 5.45. The molecule has 0 aliphatic rings. The average Bonchev–Trinajstić information content (AvgIpc) is 3.20. The second-order valence-electron chi connectivity index (χ2n) is 6.09. The van der Waals surface area contributed by atoms with Gasteiger partial charge >= 0.3 is 5.97 Å². The van der Waals surface area contributed by atoms with Crippen molar-refractivity contribution in [2.24, 2.45) is 0 Å². The van der Waals surface area contributed by atoms with Crippen molar-refractivity contribution in [2.45, 2.75) is 40.2 Å². The van der Waals surface area contributed by atoms with E-state index in [1.807, 2.05) is 31.3 Å². The van der Waals surface area contributed by atoms with Gasteiger partial charge in [0, 0.05) is 29.2 Å². The van der Waals surface area contributed by atoms with Crippen molar-refractivity contribution in [3.05, 3.63) is 40.5 Å². The summed E-state index contributed by atoms with van der Waals surface area (Å²) in [5.74, 6) is -0.335. The molecule has 0 bridgehead atoms. The van der Waals surface area contributed by atoms with Gasteiger partial charge < -0.3 is 9.30 Å². The summed E-state index contributed by atoms with van der Waals surface area (Å²) in [4.78, 5) is 17.1. The molecule has 3 aromatic rings. The summed E-state index contributed by atoms with van der Waals surface area (Å²) in [6, 6.07) is 8.30. The number of carbonyl (C=O) groups is 1. The molecule has 6 heteroatoms. The molecule has 0 atom stereocenters. The monoisotopic (exact) mass is 367 g/mol. The molecule has 2 aromatic heterocycles. The number of esters is 1. The minimum Gasteiger partial charge on any atom is -0.462 e. The second kappa shape index (κ2) is 7.71. The molecule has 0 N–H and O–H groups in total. The number of nitriles is 1. The van der Waals surface area contributed by atoms with Crippen LogP contribution in [0.1, 0.15) is 47.6 Å². The number of fused-ring (bicyclic) bond motifs is 1. The summed E-state index contributed by atoms with van der Waals surface area (Å²) in [6.45, 7) is 7.00. The molecule has 26 heavy (non-hydrogen) atoms. The van der Waals surface area contributed by atoms with E-state index in [-0.39, 0.29) is 5.97 Å². The first-order chi connectivity index (χ1) is 12.6. The van der Waals surface area contributed by atoms with Crippen LogP contribution in [0, 0.1) is 18.3 Å². The van der Waals surface area contributed by atoms with Crippen LogP contribution in [-0.2, 0) is 11.3 Å². The Balaban J connectivity index is 2.03. The van der Waals surface area contributed by atoms with Crippen LogP contribution in [0.4, 0.5) is 0 Å². The van der Waals surface area contributed by atoms with Crippen LogP contribution in [0.25, 0.3) is 21.5 Å². The topological polar surface area (TPSA) is 67.9 Å². The van der Waals surface area contributed by atoms with E-state index in [0.29, 0.717) is 22.7 Å². The van der Waals surface area contributed by atoms with E-state index in [4.69, 9.17) is 4.74 Å². The number of benzene rings is 1. The number of ether oxygens (including phenoxy) is 1. The fourth-order valence-corrected chi connectivity index (χ4v) is 3.90. The first-order valence-electron chi connectivity index (χ1n) is 8.76. The molecule has 0 saturated heterocycles. The molecule has 0 aliphatic carbocycles. The van der Waals surface area contributed by atoms with E-state index in [1.165, 1.54) is 11.3 Å². The van der Waals surface area contributed by atoms with Crippen LogP contribution in [0.2, 0.25) is 0 Å². The second-order valence-corrected chi connectivity index (χ2v) is 7.09. The Morgan fingerprint density at radius 3 is 2.88 bits per heavy atom. The normalized spacial score (nSPS) is 10.8. The van der Waals surface area contributed by atoms with Gasteiger partial charge in [-0.15, -0.1) is 11.3 Å². The Labute approximate surface area is 156 Å². The lowest BCUT2D eigenvalue weighted by Crippen LogP contribution is -2.03. The number of hydrogen-bond acceptors (Lipinski definition) is 5. The van der Waals surface area contributed by atoms with Gasteiger partial charge in [0.25, 0.3) is 0 Å². The summed E-state index contributed by atoms with van der Waals surface area (Å²) in [5.41, 5.74) is 3.30. The van der Waals surface area contributed by atoms with Crippen molar-refractivity contribution in [3.8, 4) is 16.6 Å². The molecule has 5 nitrogen and oxygen atoms in total. The summed E-state index contributed by atoms with van der Waals surface area (Å²) < 4.78 is 7.23. The Hall–Kier alpha value is -2.65. The lowest BCUT2D eigenvalue weighted by atomic mass is 10.1. The number of hydrogen-bond donors (Lipinski definition) is 0. The molecule has 0 spiro atoms. The number of thiazole rings is 1. The van der Waals surface area contributed by atoms with Crippen LogP contribution in [0.15, 0.2) is 24.4 Å². The van der Waals surface area contributed by atoms with Crippen LogP contribution in [0.3, 0.4) is 0 Å². The third kappa shape index (κ3) is 3.35. The lowest BCUT2D eigenvalue weighted by Gasteiger charge is -2.04. The standard InChI is InChI=1S/C20H21N3O2S/c1-4-6-9-23-12-15(11-21)16-10-14(7-8-17(16)23)19-22-13(3)18(26-19)20(24)25-5-2/h7-8,10,12H,4-6,9H2,1-3H3. The molecule has 0 fully saturated rings. The fraction of sp³-hybridized carbons (Fsp3) is 0.350. The predicted molar refractivity (Wildman–Crippen MR) is 103 cm³/mol. The van der Waals surface area contributed by atoms with Crippen molar-refractivity contribution >= 4 is 28.2 Å². The Bertz CT molecular complexity index is 995. The zero-order chi connectivity index (χ0) is 18.7. The third-order valence-electron chi connectivity index (χ3n) is 4.26. The van der Waals surface area contributed by atoms with Gasteiger partial charge in [-0.05, 0) is 38.5 Å². The average molecular weight is 367 g/mol. The van der Waals surface area contributed by atoms with Crippen molar-refractivity contribution in [3.63, 3.8) is 0 Å². The molecule has 0 radical (unpaired) electrons. The molecule has 3 rings (SSSR count). The van der Waals surface area contributed by atoms with Gasteiger partial charge in [-0.25, -0.2) is 9.78 Å². The molecule has 0 aliphatic heterocycles. The van der Waals surface area contributed by atoms with Gasteiger partial charge in [-0.3, -0.25) is 0 Å². The van der Waals surface area contributed by atoms with Crippen molar-refractivity contribution in [2.75, 3.05) is 6.61 Å². The molecule has 2 heterocycles. The maximum absolute atomic E-state index is 12.0. The maximum atomic E-state index is 12.0. The van der Waals surface area contributed by atoms with Crippen LogP contribution >= 0.6 is 11.3 Å². The zero-order valence-electron chi connectivity index (χ0n) is 15.2. The van der Waals surface area contributed by atoms with Crippen molar-refractivity contribution < 1.29 is 9.53 Å². The highest BCUT2D eigenvalue weighted by Crippen LogP contribution is 2.32. The van der Waals surface area contributed by atoms with Gasteiger partial charge in [0.2, 0.25) is 0 Å². The quantitative estimate of drug-likeness (QED) is 0.580. The smallest absolute Gasteiger partial charge is 0.350 e. The van der Waals surface area contributed by atoms with Gasteiger partial charge in [-0.2, -0.15) is 5.26 Å². The number of nitrogens with zero attached hydrogens (tertiary/aromatic N) is 3. The highest BCUT2D eigenvalue weighted by molar-refractivity contribution is 7.17. The summed E-state index contributed by atoms with van der Waals surface area (Å²) in [7, 11) is 0. The van der Waals surface area contributed by atoms with E-state index in [2.05, 4.69) is 22.5 Å². The first kappa shape index (κ1) is 18.2. The number of aromatic nitrogens is 2. The number of aryl methyl sites for hydroxylation is 2. The van der Waals surface area contributed by atoms with Gasteiger partial charge in [0.1, 0.15) is 16.0 Å². The minimum atomic E-state index is -0.335. The van der Waals surface area contributed by atoms with Gasteiger partial charge in [0.15, 0.2) is 0 Å². The molecular weight excluding hydrogens is 346 g/mol. The SMILES string of the molecule is CCCCn1cc(C#N)c2cc(-c3nc(C)c(C(=O)OCC)s3)ccc21.